The molecule has 0 bridgehead atoms. The van der Waals surface area contributed by atoms with Crippen molar-refractivity contribution < 1.29 is 4.79 Å². The number of nitrogens with one attached hydrogen (secondary N) is 1. The van der Waals surface area contributed by atoms with Gasteiger partial charge >= 0.3 is 0 Å². The molecule has 0 saturated heterocycles. The van der Waals surface area contributed by atoms with Gasteiger partial charge in [-0.25, -0.2) is 0 Å². The van der Waals surface area contributed by atoms with Crippen molar-refractivity contribution in [2.45, 2.75) is 33.2 Å². The van der Waals surface area contributed by atoms with Crippen LogP contribution in [0.1, 0.15) is 44.4 Å². The first-order valence-electron chi connectivity index (χ1n) is 7.13. The van der Waals surface area contributed by atoms with Gasteiger partial charge in [-0.1, -0.05) is 12.1 Å². The third-order valence-electron chi connectivity index (χ3n) is 3.45. The molecule has 0 heterocycles. The molecule has 0 aliphatic heterocycles. The number of carbonyl (C=O) groups is 1. The van der Waals surface area contributed by atoms with Gasteiger partial charge in [-0.2, -0.15) is 5.26 Å². The van der Waals surface area contributed by atoms with Crippen molar-refractivity contribution in [1.29, 1.82) is 5.26 Å². The Morgan fingerprint density at radius 1 is 1.30 bits per heavy atom. The van der Waals surface area contributed by atoms with Crippen LogP contribution >= 0.6 is 0 Å². The molecule has 20 heavy (non-hydrogen) atoms. The van der Waals surface area contributed by atoms with Crippen LogP contribution < -0.4 is 5.32 Å². The molecule has 0 fully saturated rings. The van der Waals surface area contributed by atoms with E-state index >= 15 is 0 Å². The highest BCUT2D eigenvalue weighted by Crippen LogP contribution is 2.12. The van der Waals surface area contributed by atoms with E-state index in [-0.39, 0.29) is 11.9 Å². The Bertz CT molecular complexity index is 458. The van der Waals surface area contributed by atoms with Crippen LogP contribution in [0.4, 0.5) is 0 Å². The number of amides is 1. The Hall–Kier alpha value is -1.86. The van der Waals surface area contributed by atoms with Gasteiger partial charge in [-0.15, -0.1) is 0 Å². The van der Waals surface area contributed by atoms with E-state index in [0.29, 0.717) is 18.5 Å². The molecule has 1 N–H and O–H groups in total. The summed E-state index contributed by atoms with van der Waals surface area (Å²) in [4.78, 5) is 13.7. The van der Waals surface area contributed by atoms with Gasteiger partial charge in [-0.3, -0.25) is 4.79 Å². The van der Waals surface area contributed by atoms with Gasteiger partial charge < -0.3 is 10.2 Å². The maximum Gasteiger partial charge on any atom is 0.223 e. The van der Waals surface area contributed by atoms with Crippen LogP contribution in [0.5, 0.6) is 0 Å². The number of hydrogen-bond acceptors (Lipinski definition) is 3. The van der Waals surface area contributed by atoms with Crippen molar-refractivity contribution in [3.8, 4) is 6.07 Å². The molecule has 0 aliphatic carbocycles. The highest BCUT2D eigenvalue weighted by atomic mass is 16.2. The number of nitrogens with zero attached hydrogens (tertiary/aromatic N) is 2. The van der Waals surface area contributed by atoms with Crippen LogP contribution in [-0.2, 0) is 4.79 Å². The van der Waals surface area contributed by atoms with Gasteiger partial charge in [0.25, 0.3) is 0 Å². The summed E-state index contributed by atoms with van der Waals surface area (Å²) in [5.74, 6) is 0.189. The highest BCUT2D eigenvalue weighted by Gasteiger charge is 2.10. The minimum Gasteiger partial charge on any atom is -0.343 e. The lowest BCUT2D eigenvalue weighted by molar-refractivity contribution is -0.130. The smallest absolute Gasteiger partial charge is 0.223 e. The standard InChI is InChI=1S/C16H23N3O/c1-4-19(5-2)16(20)10-11-18-13(3)15-8-6-14(12-17)7-9-15/h6-9,13,18H,4-5,10-11H2,1-3H3. The molecule has 4 heteroatoms. The van der Waals surface area contributed by atoms with E-state index in [2.05, 4.69) is 18.3 Å². The van der Waals surface area contributed by atoms with Crippen LogP contribution in [0.2, 0.25) is 0 Å². The lowest BCUT2D eigenvalue weighted by Crippen LogP contribution is -2.33. The molecule has 4 nitrogen and oxygen atoms in total. The van der Waals surface area contributed by atoms with E-state index in [1.165, 1.54) is 0 Å². The van der Waals surface area contributed by atoms with Crippen LogP contribution in [0.15, 0.2) is 24.3 Å². The summed E-state index contributed by atoms with van der Waals surface area (Å²) < 4.78 is 0. The summed E-state index contributed by atoms with van der Waals surface area (Å²) in [5.41, 5.74) is 1.79. The SMILES string of the molecule is CCN(CC)C(=O)CCNC(C)c1ccc(C#N)cc1. The van der Waals surface area contributed by atoms with Gasteiger partial charge in [0.1, 0.15) is 0 Å². The monoisotopic (exact) mass is 273 g/mol. The lowest BCUT2D eigenvalue weighted by Gasteiger charge is -2.20. The normalized spacial score (nSPS) is 11.7. The number of nitriles is 1. The summed E-state index contributed by atoms with van der Waals surface area (Å²) in [6.45, 7) is 8.24. The molecule has 0 aromatic heterocycles. The maximum atomic E-state index is 11.9. The van der Waals surface area contributed by atoms with Crippen LogP contribution in [-0.4, -0.2) is 30.4 Å². The van der Waals surface area contributed by atoms with Crippen molar-refractivity contribution in [2.24, 2.45) is 0 Å². The molecular weight excluding hydrogens is 250 g/mol. The molecule has 0 saturated carbocycles. The van der Waals surface area contributed by atoms with Crippen molar-refractivity contribution in [3.63, 3.8) is 0 Å². The Labute approximate surface area is 121 Å². The summed E-state index contributed by atoms with van der Waals surface area (Å²) in [6.07, 6.45) is 0.516. The average Bonchev–Trinajstić information content (AvgIpc) is 2.48. The molecule has 108 valence electrons. The lowest BCUT2D eigenvalue weighted by atomic mass is 10.1. The van der Waals surface area contributed by atoms with Crippen LogP contribution in [0.25, 0.3) is 0 Å². The van der Waals surface area contributed by atoms with Crippen LogP contribution in [0.3, 0.4) is 0 Å². The first-order valence-corrected chi connectivity index (χ1v) is 7.13. The third-order valence-corrected chi connectivity index (χ3v) is 3.45. The molecule has 0 aliphatic rings. The largest absolute Gasteiger partial charge is 0.343 e. The summed E-state index contributed by atoms with van der Waals surface area (Å²) >= 11 is 0. The predicted molar refractivity (Wildman–Crippen MR) is 80.1 cm³/mol. The zero-order valence-corrected chi connectivity index (χ0v) is 12.5. The summed E-state index contributed by atoms with van der Waals surface area (Å²) in [6, 6.07) is 9.80. The van der Waals surface area contributed by atoms with Crippen LogP contribution in [0, 0.1) is 11.3 Å². The fourth-order valence-corrected chi connectivity index (χ4v) is 2.09. The Balaban J connectivity index is 2.41. The molecule has 1 aromatic rings. The minimum absolute atomic E-state index is 0.173. The zero-order chi connectivity index (χ0) is 15.0. The van der Waals surface area contributed by atoms with Gasteiger partial charge in [0, 0.05) is 32.1 Å². The molecule has 0 radical (unpaired) electrons. The number of hydrogen-bond donors (Lipinski definition) is 1. The molecule has 1 unspecified atom stereocenters. The van der Waals surface area contributed by atoms with E-state index in [9.17, 15) is 4.79 Å². The van der Waals surface area contributed by atoms with E-state index < -0.39 is 0 Å². The van der Waals surface area contributed by atoms with Crippen molar-refractivity contribution in [2.75, 3.05) is 19.6 Å². The van der Waals surface area contributed by atoms with E-state index in [4.69, 9.17) is 5.26 Å². The topological polar surface area (TPSA) is 56.1 Å². The Morgan fingerprint density at radius 2 is 1.90 bits per heavy atom. The predicted octanol–water partition coefficient (Wildman–Crippen LogP) is 2.47. The molecule has 0 spiro atoms. The summed E-state index contributed by atoms with van der Waals surface area (Å²) in [7, 11) is 0. The molecule has 1 aromatic carbocycles. The zero-order valence-electron chi connectivity index (χ0n) is 12.5. The van der Waals surface area contributed by atoms with E-state index in [0.717, 1.165) is 18.7 Å². The Kier molecular flexibility index (Phi) is 6.75. The molecular formula is C16H23N3O. The summed E-state index contributed by atoms with van der Waals surface area (Å²) in [5, 5.41) is 12.1. The van der Waals surface area contributed by atoms with Gasteiger partial charge in [0.05, 0.1) is 11.6 Å². The highest BCUT2D eigenvalue weighted by molar-refractivity contribution is 5.76. The number of benzene rings is 1. The first kappa shape index (κ1) is 16.2. The second-order valence-electron chi connectivity index (χ2n) is 4.73. The quantitative estimate of drug-likeness (QED) is 0.830. The molecule has 1 amide bonds. The van der Waals surface area contributed by atoms with Gasteiger partial charge in [-0.05, 0) is 38.5 Å². The van der Waals surface area contributed by atoms with Gasteiger partial charge in [0.15, 0.2) is 0 Å². The second kappa shape index (κ2) is 8.34. The Morgan fingerprint density at radius 3 is 2.40 bits per heavy atom. The fourth-order valence-electron chi connectivity index (χ4n) is 2.09. The first-order chi connectivity index (χ1) is 9.62. The van der Waals surface area contributed by atoms with E-state index in [1.54, 1.807) is 0 Å². The number of carbonyl (C=O) groups excluding carboxylic acids is 1. The molecule has 1 atom stereocenters. The second-order valence-corrected chi connectivity index (χ2v) is 4.73. The van der Waals surface area contributed by atoms with Gasteiger partial charge in [0.2, 0.25) is 5.91 Å². The maximum absolute atomic E-state index is 11.9. The average molecular weight is 273 g/mol. The van der Waals surface area contributed by atoms with E-state index in [1.807, 2.05) is 43.0 Å². The minimum atomic E-state index is 0.173. The number of rotatable bonds is 7. The van der Waals surface area contributed by atoms with Crippen molar-refractivity contribution in [3.05, 3.63) is 35.4 Å². The fraction of sp³-hybridized carbons (Fsp3) is 0.500. The third kappa shape index (κ3) is 4.67. The van der Waals surface area contributed by atoms with Crippen molar-refractivity contribution >= 4 is 5.91 Å². The molecule has 1 rings (SSSR count). The van der Waals surface area contributed by atoms with Crippen molar-refractivity contribution in [1.82, 2.24) is 10.2 Å².